The van der Waals surface area contributed by atoms with Crippen LogP contribution in [0.5, 0.6) is 0 Å². The van der Waals surface area contributed by atoms with Gasteiger partial charge in [-0.25, -0.2) is 4.79 Å². The van der Waals surface area contributed by atoms with Gasteiger partial charge in [-0.15, -0.1) is 0 Å². The predicted octanol–water partition coefficient (Wildman–Crippen LogP) is 4.34. The predicted molar refractivity (Wildman–Crippen MR) is 93.2 cm³/mol. The van der Waals surface area contributed by atoms with E-state index in [0.717, 1.165) is 29.3 Å². The van der Waals surface area contributed by atoms with Gasteiger partial charge in [-0.3, -0.25) is 9.36 Å². The first-order valence-electron chi connectivity index (χ1n) is 8.33. The molecule has 0 saturated carbocycles. The molecule has 1 aromatic heterocycles. The van der Waals surface area contributed by atoms with Crippen molar-refractivity contribution in [3.8, 4) is 0 Å². The number of rotatable bonds is 6. The molecule has 0 aliphatic carbocycles. The Morgan fingerprint density at radius 3 is 2.33 bits per heavy atom. The van der Waals surface area contributed by atoms with Crippen molar-refractivity contribution in [3.63, 3.8) is 0 Å². The maximum Gasteiger partial charge on any atom is 0.418 e. The van der Waals surface area contributed by atoms with E-state index in [9.17, 15) is 9.59 Å². The van der Waals surface area contributed by atoms with Crippen LogP contribution in [-0.2, 0) is 14.3 Å². The van der Waals surface area contributed by atoms with E-state index in [4.69, 9.17) is 9.47 Å². The minimum absolute atomic E-state index is 0.269. The molecule has 24 heavy (non-hydrogen) atoms. The third-order valence-electron chi connectivity index (χ3n) is 4.70. The van der Waals surface area contributed by atoms with Gasteiger partial charge in [-0.2, -0.15) is 0 Å². The number of carbonyl (C=O) groups is 2. The Bertz CT molecular complexity index is 715. The lowest BCUT2D eigenvalue weighted by molar-refractivity contribution is -0.142. The van der Waals surface area contributed by atoms with Crippen LogP contribution < -0.4 is 0 Å². The summed E-state index contributed by atoms with van der Waals surface area (Å²) >= 11 is 0. The van der Waals surface area contributed by atoms with Crippen LogP contribution in [0.2, 0.25) is 0 Å². The zero-order chi connectivity index (χ0) is 17.7. The van der Waals surface area contributed by atoms with Crippen molar-refractivity contribution in [2.24, 2.45) is 5.92 Å². The molecule has 0 fully saturated rings. The normalized spacial score (nSPS) is 12.4. The molecule has 2 aromatic rings. The number of methoxy groups -OCH3 is 2. The Labute approximate surface area is 142 Å². The topological polar surface area (TPSA) is 57.5 Å². The average molecular weight is 331 g/mol. The van der Waals surface area contributed by atoms with Gasteiger partial charge < -0.3 is 9.47 Å². The standard InChI is InChI=1S/C19H25NO4/c1-5-13(6-2)11-15(18(21)23-3)16-12-20(19(22)24-4)17-10-8-7-9-14(16)17/h7-10,12-13,15H,5-6,11H2,1-4H3. The number of aromatic nitrogens is 1. The number of benzene rings is 1. The summed E-state index contributed by atoms with van der Waals surface area (Å²) in [5.41, 5.74) is 1.55. The van der Waals surface area contributed by atoms with E-state index in [1.807, 2.05) is 24.3 Å². The molecule has 0 aliphatic heterocycles. The van der Waals surface area contributed by atoms with Crippen LogP contribution in [0.25, 0.3) is 10.9 Å². The lowest BCUT2D eigenvalue weighted by Crippen LogP contribution is -2.18. The number of para-hydroxylation sites is 1. The molecular formula is C19H25NO4. The molecule has 0 radical (unpaired) electrons. The van der Waals surface area contributed by atoms with Gasteiger partial charge in [0.05, 0.1) is 25.7 Å². The first-order valence-corrected chi connectivity index (χ1v) is 8.33. The highest BCUT2D eigenvalue weighted by molar-refractivity contribution is 5.95. The van der Waals surface area contributed by atoms with Crippen LogP contribution >= 0.6 is 0 Å². The molecule has 0 amide bonds. The molecule has 1 unspecified atom stereocenters. The number of nitrogens with zero attached hydrogens (tertiary/aromatic N) is 1. The van der Waals surface area contributed by atoms with Gasteiger partial charge in [0.1, 0.15) is 0 Å². The number of hydrogen-bond donors (Lipinski definition) is 0. The molecule has 5 nitrogen and oxygen atoms in total. The fraction of sp³-hybridized carbons (Fsp3) is 0.474. The van der Waals surface area contributed by atoms with E-state index >= 15 is 0 Å². The van der Waals surface area contributed by atoms with E-state index in [-0.39, 0.29) is 5.97 Å². The van der Waals surface area contributed by atoms with Crippen molar-refractivity contribution in [2.75, 3.05) is 14.2 Å². The van der Waals surface area contributed by atoms with Crippen LogP contribution in [0.4, 0.5) is 4.79 Å². The summed E-state index contributed by atoms with van der Waals surface area (Å²) in [5, 5.41) is 0.879. The Balaban J connectivity index is 2.57. The van der Waals surface area contributed by atoms with Gasteiger partial charge in [-0.1, -0.05) is 44.9 Å². The van der Waals surface area contributed by atoms with Crippen LogP contribution in [0.1, 0.15) is 44.6 Å². The Kier molecular flexibility index (Phi) is 6.01. The number of ether oxygens (including phenoxy) is 2. The van der Waals surface area contributed by atoms with Crippen molar-refractivity contribution in [3.05, 3.63) is 36.0 Å². The summed E-state index contributed by atoms with van der Waals surface area (Å²) < 4.78 is 11.3. The molecule has 0 N–H and O–H groups in total. The fourth-order valence-electron chi connectivity index (χ4n) is 3.18. The molecular weight excluding hydrogens is 306 g/mol. The summed E-state index contributed by atoms with van der Waals surface area (Å²) in [6.07, 6.45) is 3.94. The first kappa shape index (κ1) is 18.0. The van der Waals surface area contributed by atoms with Crippen LogP contribution in [-0.4, -0.2) is 30.8 Å². The second-order valence-electron chi connectivity index (χ2n) is 5.94. The summed E-state index contributed by atoms with van der Waals surface area (Å²) in [7, 11) is 2.75. The molecule has 1 aromatic carbocycles. The van der Waals surface area contributed by atoms with Crippen molar-refractivity contribution >= 4 is 23.0 Å². The lowest BCUT2D eigenvalue weighted by atomic mass is 9.86. The SMILES string of the molecule is CCC(CC)CC(C(=O)OC)c1cn(C(=O)OC)c2ccccc12. The van der Waals surface area contributed by atoms with E-state index in [0.29, 0.717) is 12.3 Å². The van der Waals surface area contributed by atoms with E-state index in [2.05, 4.69) is 13.8 Å². The van der Waals surface area contributed by atoms with Crippen molar-refractivity contribution in [1.82, 2.24) is 4.57 Å². The smallest absolute Gasteiger partial charge is 0.418 e. The summed E-state index contributed by atoms with van der Waals surface area (Å²) in [6.45, 7) is 4.25. The molecule has 1 heterocycles. The quantitative estimate of drug-likeness (QED) is 0.739. The number of esters is 1. The lowest BCUT2D eigenvalue weighted by Gasteiger charge is -2.19. The van der Waals surface area contributed by atoms with E-state index in [1.165, 1.54) is 18.8 Å². The highest BCUT2D eigenvalue weighted by Crippen LogP contribution is 2.34. The molecule has 5 heteroatoms. The van der Waals surface area contributed by atoms with Crippen LogP contribution in [0.3, 0.4) is 0 Å². The third kappa shape index (κ3) is 3.45. The largest absolute Gasteiger partial charge is 0.469 e. The average Bonchev–Trinajstić information content (AvgIpc) is 3.01. The molecule has 0 spiro atoms. The van der Waals surface area contributed by atoms with E-state index in [1.54, 1.807) is 6.20 Å². The summed E-state index contributed by atoms with van der Waals surface area (Å²) in [6, 6.07) is 7.53. The highest BCUT2D eigenvalue weighted by atomic mass is 16.5. The maximum absolute atomic E-state index is 12.4. The maximum atomic E-state index is 12.4. The van der Waals surface area contributed by atoms with Gasteiger partial charge >= 0.3 is 12.1 Å². The molecule has 0 bridgehead atoms. The van der Waals surface area contributed by atoms with E-state index < -0.39 is 12.0 Å². The Hall–Kier alpha value is -2.30. The minimum Gasteiger partial charge on any atom is -0.469 e. The number of carbonyl (C=O) groups excluding carboxylic acids is 2. The highest BCUT2D eigenvalue weighted by Gasteiger charge is 2.28. The Morgan fingerprint density at radius 1 is 1.08 bits per heavy atom. The Morgan fingerprint density at radius 2 is 1.75 bits per heavy atom. The van der Waals surface area contributed by atoms with Crippen molar-refractivity contribution < 1.29 is 19.1 Å². The number of fused-ring (bicyclic) bond motifs is 1. The summed E-state index contributed by atoms with van der Waals surface area (Å²) in [4.78, 5) is 24.5. The van der Waals surface area contributed by atoms with Gasteiger partial charge in [0.25, 0.3) is 0 Å². The number of hydrogen-bond acceptors (Lipinski definition) is 4. The molecule has 2 rings (SSSR count). The molecule has 0 saturated heterocycles. The van der Waals surface area contributed by atoms with Gasteiger partial charge in [-0.05, 0) is 24.0 Å². The molecule has 0 aliphatic rings. The second kappa shape index (κ2) is 7.99. The fourth-order valence-corrected chi connectivity index (χ4v) is 3.18. The molecule has 130 valence electrons. The minimum atomic E-state index is -0.469. The van der Waals surface area contributed by atoms with Crippen molar-refractivity contribution in [1.29, 1.82) is 0 Å². The van der Waals surface area contributed by atoms with Gasteiger partial charge in [0.15, 0.2) is 0 Å². The van der Waals surface area contributed by atoms with Crippen LogP contribution in [0, 0.1) is 5.92 Å². The van der Waals surface area contributed by atoms with Crippen LogP contribution in [0.15, 0.2) is 30.5 Å². The third-order valence-corrected chi connectivity index (χ3v) is 4.70. The molecule has 1 atom stereocenters. The zero-order valence-electron chi connectivity index (χ0n) is 14.7. The first-order chi connectivity index (χ1) is 11.6. The van der Waals surface area contributed by atoms with Crippen molar-refractivity contribution in [2.45, 2.75) is 39.0 Å². The van der Waals surface area contributed by atoms with Gasteiger partial charge in [0.2, 0.25) is 0 Å². The van der Waals surface area contributed by atoms with Gasteiger partial charge in [0, 0.05) is 11.6 Å². The monoisotopic (exact) mass is 331 g/mol. The summed E-state index contributed by atoms with van der Waals surface area (Å²) in [5.74, 6) is -0.236. The zero-order valence-corrected chi connectivity index (χ0v) is 14.7. The second-order valence-corrected chi connectivity index (χ2v) is 5.94.